The fourth-order valence-corrected chi connectivity index (χ4v) is 2.26. The number of nitro groups is 2. The summed E-state index contributed by atoms with van der Waals surface area (Å²) in [5, 5.41) is 26.5. The largest absolute Gasteiger partial charge is 0.360 e. The van der Waals surface area contributed by atoms with Crippen LogP contribution < -0.4 is 5.43 Å². The van der Waals surface area contributed by atoms with Crippen molar-refractivity contribution < 1.29 is 9.85 Å². The van der Waals surface area contributed by atoms with Gasteiger partial charge < -0.3 is 4.98 Å². The van der Waals surface area contributed by atoms with E-state index < -0.39 is 9.85 Å². The van der Waals surface area contributed by atoms with E-state index in [2.05, 4.69) is 15.5 Å². The zero-order valence-corrected chi connectivity index (χ0v) is 12.2. The van der Waals surface area contributed by atoms with E-state index >= 15 is 0 Å². The summed E-state index contributed by atoms with van der Waals surface area (Å²) < 4.78 is 0. The third-order valence-electron chi connectivity index (χ3n) is 3.40. The minimum atomic E-state index is -0.497. The number of fused-ring (bicyclic) bond motifs is 1. The van der Waals surface area contributed by atoms with Crippen molar-refractivity contribution in [2.45, 2.75) is 0 Å². The quantitative estimate of drug-likeness (QED) is 0.422. The average molecular weight is 325 g/mol. The Morgan fingerprint density at radius 2 is 1.88 bits per heavy atom. The zero-order chi connectivity index (χ0) is 17.1. The van der Waals surface area contributed by atoms with E-state index in [1.807, 2.05) is 0 Å². The van der Waals surface area contributed by atoms with Crippen LogP contribution in [-0.4, -0.2) is 21.0 Å². The Bertz CT molecular complexity index is 963. The van der Waals surface area contributed by atoms with Crippen LogP contribution in [0.2, 0.25) is 0 Å². The van der Waals surface area contributed by atoms with Crippen molar-refractivity contribution in [2.75, 3.05) is 5.43 Å². The average Bonchev–Trinajstić information content (AvgIpc) is 2.97. The molecule has 120 valence electrons. The van der Waals surface area contributed by atoms with Crippen LogP contribution in [0.25, 0.3) is 10.9 Å². The first kappa shape index (κ1) is 15.2. The van der Waals surface area contributed by atoms with E-state index in [9.17, 15) is 20.2 Å². The first-order valence-corrected chi connectivity index (χ1v) is 6.84. The Kier molecular flexibility index (Phi) is 3.89. The van der Waals surface area contributed by atoms with Crippen LogP contribution in [0.3, 0.4) is 0 Å². The molecule has 2 N–H and O–H groups in total. The molecule has 1 heterocycles. The van der Waals surface area contributed by atoms with E-state index in [0.29, 0.717) is 11.1 Å². The Balaban J connectivity index is 1.84. The second-order valence-corrected chi connectivity index (χ2v) is 4.88. The van der Waals surface area contributed by atoms with Crippen LogP contribution >= 0.6 is 0 Å². The van der Waals surface area contributed by atoms with Crippen molar-refractivity contribution >= 4 is 34.2 Å². The molecule has 24 heavy (non-hydrogen) atoms. The number of nitrogens with zero attached hydrogens (tertiary/aromatic N) is 3. The molecular formula is C15H11N5O4. The van der Waals surface area contributed by atoms with Crippen LogP contribution in [0.1, 0.15) is 5.56 Å². The molecule has 0 fully saturated rings. The number of non-ortho nitro benzene ring substituents is 1. The van der Waals surface area contributed by atoms with Gasteiger partial charge in [-0.2, -0.15) is 5.10 Å². The number of anilines is 1. The molecule has 9 nitrogen and oxygen atoms in total. The highest BCUT2D eigenvalue weighted by Crippen LogP contribution is 2.24. The van der Waals surface area contributed by atoms with Crippen LogP contribution in [0.15, 0.2) is 53.8 Å². The van der Waals surface area contributed by atoms with Gasteiger partial charge in [0.15, 0.2) is 0 Å². The molecule has 0 aliphatic rings. The lowest BCUT2D eigenvalue weighted by atomic mass is 10.2. The van der Waals surface area contributed by atoms with E-state index in [1.54, 1.807) is 30.5 Å². The van der Waals surface area contributed by atoms with E-state index in [-0.39, 0.29) is 17.1 Å². The molecular weight excluding hydrogens is 314 g/mol. The van der Waals surface area contributed by atoms with Crippen LogP contribution in [0, 0.1) is 20.2 Å². The molecule has 9 heteroatoms. The number of nitrogens with one attached hydrogen (secondary N) is 2. The number of hydrazone groups is 1. The number of hydrogen-bond donors (Lipinski definition) is 2. The minimum Gasteiger partial charge on any atom is -0.360 e. The molecule has 0 aliphatic heterocycles. The normalized spacial score (nSPS) is 11.0. The Morgan fingerprint density at radius 3 is 2.62 bits per heavy atom. The molecule has 0 saturated heterocycles. The predicted octanol–water partition coefficient (Wildman–Crippen LogP) is 3.43. The summed E-state index contributed by atoms with van der Waals surface area (Å²) in [5.41, 5.74) is 4.13. The summed E-state index contributed by atoms with van der Waals surface area (Å²) >= 11 is 0. The Labute approximate surface area is 134 Å². The lowest BCUT2D eigenvalue weighted by Crippen LogP contribution is -1.96. The second-order valence-electron chi connectivity index (χ2n) is 4.88. The summed E-state index contributed by atoms with van der Waals surface area (Å²) in [6.45, 7) is 0. The number of aromatic nitrogens is 1. The number of H-pyrrole nitrogens is 1. The highest BCUT2D eigenvalue weighted by molar-refractivity contribution is 5.99. The van der Waals surface area contributed by atoms with Gasteiger partial charge in [0, 0.05) is 35.3 Å². The third-order valence-corrected chi connectivity index (χ3v) is 3.40. The standard InChI is InChI=1S/C15H11N5O4/c21-19(22)11-5-6-12-10(8-16-14(12)7-11)9-17-18-13-3-1-2-4-15(13)20(23)24/h1-9,16,18H/b17-9-. The molecule has 0 atom stereocenters. The topological polar surface area (TPSA) is 126 Å². The fraction of sp³-hybridized carbons (Fsp3) is 0. The summed E-state index contributed by atoms with van der Waals surface area (Å²) in [7, 11) is 0. The van der Waals surface area contributed by atoms with Gasteiger partial charge in [0.05, 0.1) is 21.6 Å². The first-order valence-electron chi connectivity index (χ1n) is 6.84. The molecule has 0 amide bonds. The highest BCUT2D eigenvalue weighted by Gasteiger charge is 2.11. The van der Waals surface area contributed by atoms with Crippen molar-refractivity contribution in [3.8, 4) is 0 Å². The van der Waals surface area contributed by atoms with E-state index in [1.165, 1.54) is 24.4 Å². The van der Waals surface area contributed by atoms with Crippen molar-refractivity contribution in [2.24, 2.45) is 5.10 Å². The second kappa shape index (κ2) is 6.16. The maximum atomic E-state index is 10.9. The molecule has 0 unspecified atom stereocenters. The number of aromatic amines is 1. The third kappa shape index (κ3) is 2.90. The number of benzene rings is 2. The molecule has 1 aromatic heterocycles. The molecule has 0 bridgehead atoms. The number of para-hydroxylation sites is 2. The molecule has 0 radical (unpaired) electrons. The minimum absolute atomic E-state index is 0.00845. The summed E-state index contributed by atoms with van der Waals surface area (Å²) in [5.74, 6) is 0. The van der Waals surface area contributed by atoms with Gasteiger partial charge in [0.2, 0.25) is 0 Å². The van der Waals surface area contributed by atoms with E-state index in [4.69, 9.17) is 0 Å². The van der Waals surface area contributed by atoms with Gasteiger partial charge in [0.1, 0.15) is 5.69 Å². The first-order chi connectivity index (χ1) is 11.6. The molecule has 3 rings (SSSR count). The lowest BCUT2D eigenvalue weighted by Gasteiger charge is -2.00. The highest BCUT2D eigenvalue weighted by atomic mass is 16.6. The smallest absolute Gasteiger partial charge is 0.294 e. The van der Waals surface area contributed by atoms with Crippen LogP contribution in [0.4, 0.5) is 17.1 Å². The summed E-state index contributed by atoms with van der Waals surface area (Å²) in [6, 6.07) is 10.6. The summed E-state index contributed by atoms with van der Waals surface area (Å²) in [4.78, 5) is 23.7. The van der Waals surface area contributed by atoms with Crippen LogP contribution in [-0.2, 0) is 0 Å². The molecule has 2 aromatic carbocycles. The van der Waals surface area contributed by atoms with Crippen LogP contribution in [0.5, 0.6) is 0 Å². The molecule has 0 spiro atoms. The lowest BCUT2D eigenvalue weighted by molar-refractivity contribution is -0.384. The number of hydrogen-bond acceptors (Lipinski definition) is 6. The zero-order valence-electron chi connectivity index (χ0n) is 12.2. The van der Waals surface area contributed by atoms with Crippen molar-refractivity contribution in [3.05, 3.63) is 74.5 Å². The Hall–Kier alpha value is -3.75. The van der Waals surface area contributed by atoms with Crippen molar-refractivity contribution in [1.82, 2.24) is 4.98 Å². The van der Waals surface area contributed by atoms with E-state index in [0.717, 1.165) is 5.39 Å². The predicted molar refractivity (Wildman–Crippen MR) is 89.3 cm³/mol. The van der Waals surface area contributed by atoms with Gasteiger partial charge in [-0.1, -0.05) is 12.1 Å². The summed E-state index contributed by atoms with van der Waals surface area (Å²) in [6.07, 6.45) is 3.14. The van der Waals surface area contributed by atoms with Gasteiger partial charge in [-0.15, -0.1) is 0 Å². The Morgan fingerprint density at radius 1 is 1.08 bits per heavy atom. The van der Waals surface area contributed by atoms with Gasteiger partial charge in [-0.3, -0.25) is 25.7 Å². The van der Waals surface area contributed by atoms with Crippen molar-refractivity contribution in [1.29, 1.82) is 0 Å². The maximum absolute atomic E-state index is 10.9. The number of nitro benzene ring substituents is 2. The molecule has 0 saturated carbocycles. The monoisotopic (exact) mass is 325 g/mol. The number of rotatable bonds is 5. The van der Waals surface area contributed by atoms with Gasteiger partial charge in [-0.25, -0.2) is 0 Å². The van der Waals surface area contributed by atoms with Gasteiger partial charge in [0.25, 0.3) is 11.4 Å². The van der Waals surface area contributed by atoms with Gasteiger partial charge >= 0.3 is 0 Å². The van der Waals surface area contributed by atoms with Gasteiger partial charge in [-0.05, 0) is 12.1 Å². The fourth-order valence-electron chi connectivity index (χ4n) is 2.26. The maximum Gasteiger partial charge on any atom is 0.294 e. The van der Waals surface area contributed by atoms with Crippen molar-refractivity contribution in [3.63, 3.8) is 0 Å². The SMILES string of the molecule is O=[N+]([O-])c1ccc2c(/C=N\Nc3ccccc3[N+](=O)[O-])c[nH]c2c1. The molecule has 3 aromatic rings. The molecule has 0 aliphatic carbocycles.